The summed E-state index contributed by atoms with van der Waals surface area (Å²) in [7, 11) is 0. The molecule has 0 unspecified atom stereocenters. The van der Waals surface area contributed by atoms with Crippen LogP contribution in [0.1, 0.15) is 90.9 Å². The second-order valence-electron chi connectivity index (χ2n) is 4.54. The van der Waals surface area contributed by atoms with Crippen LogP contribution in [0.2, 0.25) is 0 Å². The molecule has 0 aliphatic heterocycles. The van der Waals surface area contributed by atoms with Crippen LogP contribution in [0, 0.1) is 13.8 Å². The quantitative estimate of drug-likeness (QED) is 0.266. The SMILES string of the molecule is [AlH+2].[CH2-]CCCCCCC.[CH2-]CCCCCCC. The monoisotopic (exact) mass is 254 g/mol. The van der Waals surface area contributed by atoms with Gasteiger partial charge in [0.2, 0.25) is 0 Å². The van der Waals surface area contributed by atoms with Crippen molar-refractivity contribution in [3.8, 4) is 0 Å². The van der Waals surface area contributed by atoms with Crippen LogP contribution in [0.5, 0.6) is 0 Å². The molecule has 0 saturated carbocycles. The maximum atomic E-state index is 3.78. The summed E-state index contributed by atoms with van der Waals surface area (Å²) in [4.78, 5) is 0. The zero-order chi connectivity index (χ0) is 12.5. The Morgan fingerprint density at radius 2 is 0.824 bits per heavy atom. The van der Waals surface area contributed by atoms with Gasteiger partial charge < -0.3 is 13.8 Å². The molecule has 0 N–H and O–H groups in total. The maximum absolute atomic E-state index is 3.78. The van der Waals surface area contributed by atoms with Crippen molar-refractivity contribution in [1.29, 1.82) is 0 Å². The fraction of sp³-hybridized carbons (Fsp3) is 0.875. The summed E-state index contributed by atoms with van der Waals surface area (Å²) in [6, 6.07) is 0. The van der Waals surface area contributed by atoms with E-state index in [9.17, 15) is 0 Å². The van der Waals surface area contributed by atoms with Gasteiger partial charge >= 0.3 is 17.4 Å². The van der Waals surface area contributed by atoms with Crippen molar-refractivity contribution in [2.45, 2.75) is 90.9 Å². The van der Waals surface area contributed by atoms with Gasteiger partial charge in [-0.25, -0.2) is 0 Å². The van der Waals surface area contributed by atoms with E-state index in [1.54, 1.807) is 0 Å². The molecule has 0 aromatic carbocycles. The molecular weight excluding hydrogens is 219 g/mol. The van der Waals surface area contributed by atoms with Gasteiger partial charge in [-0.15, -0.1) is 0 Å². The molecule has 0 amide bonds. The van der Waals surface area contributed by atoms with E-state index in [1.807, 2.05) is 0 Å². The van der Waals surface area contributed by atoms with Crippen molar-refractivity contribution in [3.05, 3.63) is 13.8 Å². The van der Waals surface area contributed by atoms with Crippen molar-refractivity contribution in [2.24, 2.45) is 0 Å². The van der Waals surface area contributed by atoms with E-state index in [-0.39, 0.29) is 17.4 Å². The molecule has 102 valence electrons. The van der Waals surface area contributed by atoms with Crippen molar-refractivity contribution in [2.75, 3.05) is 0 Å². The molecule has 0 heterocycles. The van der Waals surface area contributed by atoms with Crippen LogP contribution in [0.3, 0.4) is 0 Å². The number of hydrogen-bond acceptors (Lipinski definition) is 0. The Hall–Kier alpha value is 0.532. The van der Waals surface area contributed by atoms with E-state index in [0.29, 0.717) is 0 Å². The third-order valence-corrected chi connectivity index (χ3v) is 2.71. The van der Waals surface area contributed by atoms with E-state index in [4.69, 9.17) is 0 Å². The van der Waals surface area contributed by atoms with Crippen molar-refractivity contribution >= 4 is 17.4 Å². The molecule has 0 aliphatic rings. The largest absolute Gasteiger partial charge is 0.343 e. The van der Waals surface area contributed by atoms with Gasteiger partial charge in [0, 0.05) is 0 Å². The second kappa shape index (κ2) is 25.4. The maximum Gasteiger partial charge on any atom is -0.0534 e. The number of unbranched alkanes of at least 4 members (excludes halogenated alkanes) is 10. The Balaban J connectivity index is -0.000000218. The number of hydrogen-bond donors (Lipinski definition) is 0. The summed E-state index contributed by atoms with van der Waals surface area (Å²) < 4.78 is 0. The first-order valence-electron chi connectivity index (χ1n) is 7.41. The molecule has 0 aromatic heterocycles. The van der Waals surface area contributed by atoms with Crippen molar-refractivity contribution in [3.63, 3.8) is 0 Å². The van der Waals surface area contributed by atoms with Crippen molar-refractivity contribution in [1.82, 2.24) is 0 Å². The van der Waals surface area contributed by atoms with E-state index >= 15 is 0 Å². The average Bonchev–Trinajstić information content (AvgIpc) is 2.31. The average molecular weight is 254 g/mol. The van der Waals surface area contributed by atoms with Gasteiger partial charge in [-0.05, 0) is 0 Å². The molecule has 0 nitrogen and oxygen atoms in total. The predicted octanol–water partition coefficient (Wildman–Crippen LogP) is 5.71. The van der Waals surface area contributed by atoms with Gasteiger partial charge in [0.15, 0.2) is 0 Å². The molecule has 0 aromatic rings. The van der Waals surface area contributed by atoms with Crippen LogP contribution in [-0.4, -0.2) is 17.4 Å². The van der Waals surface area contributed by atoms with Crippen LogP contribution < -0.4 is 0 Å². The van der Waals surface area contributed by atoms with E-state index in [1.165, 1.54) is 64.2 Å². The Morgan fingerprint density at radius 1 is 0.529 bits per heavy atom. The summed E-state index contributed by atoms with van der Waals surface area (Å²) >= 11 is 0. The first-order chi connectivity index (χ1) is 7.83. The van der Waals surface area contributed by atoms with Gasteiger partial charge in [0.1, 0.15) is 0 Å². The van der Waals surface area contributed by atoms with Crippen LogP contribution in [0.15, 0.2) is 0 Å². The van der Waals surface area contributed by atoms with Crippen LogP contribution >= 0.6 is 0 Å². The van der Waals surface area contributed by atoms with Crippen molar-refractivity contribution < 1.29 is 0 Å². The standard InChI is InChI=1S/2C8H17.Al.H/c2*1-3-5-7-8-6-4-2;;/h2*1,3-8H2,2H3;;/q2*-1;+2;. The normalized spacial score (nSPS) is 9.18. The first kappa shape index (κ1) is 22.7. The summed E-state index contributed by atoms with van der Waals surface area (Å²) in [6.45, 7) is 12.0. The summed E-state index contributed by atoms with van der Waals surface area (Å²) in [5.41, 5.74) is 0. The molecule has 0 fully saturated rings. The van der Waals surface area contributed by atoms with E-state index in [2.05, 4.69) is 27.7 Å². The van der Waals surface area contributed by atoms with Crippen LogP contribution in [0.25, 0.3) is 0 Å². The van der Waals surface area contributed by atoms with Crippen LogP contribution in [0.4, 0.5) is 0 Å². The Bertz CT molecular complexity index is 67.5. The fourth-order valence-electron chi connectivity index (χ4n) is 1.56. The molecular formula is C16H35Al. The van der Waals surface area contributed by atoms with Gasteiger partial charge in [-0.2, -0.15) is 12.8 Å². The Kier molecular flexibility index (Phi) is 33.9. The summed E-state index contributed by atoms with van der Waals surface area (Å²) in [5, 5.41) is 0. The molecule has 0 atom stereocenters. The zero-order valence-corrected chi connectivity index (χ0v) is 14.0. The van der Waals surface area contributed by atoms with E-state index < -0.39 is 0 Å². The molecule has 0 aliphatic carbocycles. The first-order valence-corrected chi connectivity index (χ1v) is 7.41. The molecule has 17 heavy (non-hydrogen) atoms. The van der Waals surface area contributed by atoms with Gasteiger partial charge in [0.25, 0.3) is 0 Å². The van der Waals surface area contributed by atoms with E-state index in [0.717, 1.165) is 12.8 Å². The molecule has 0 radical (unpaired) electrons. The third-order valence-electron chi connectivity index (χ3n) is 2.71. The molecule has 1 heteroatoms. The minimum atomic E-state index is 0. The molecule has 0 spiro atoms. The zero-order valence-electron chi connectivity index (χ0n) is 12.6. The fourth-order valence-corrected chi connectivity index (χ4v) is 1.56. The predicted molar refractivity (Wildman–Crippen MR) is 84.6 cm³/mol. The minimum Gasteiger partial charge on any atom is -0.343 e. The topological polar surface area (TPSA) is 0 Å². The van der Waals surface area contributed by atoms with Gasteiger partial charge in [-0.3, -0.25) is 0 Å². The Labute approximate surface area is 122 Å². The molecule has 0 saturated heterocycles. The number of rotatable bonds is 10. The minimum absolute atomic E-state index is 0. The molecule has 0 bridgehead atoms. The second-order valence-corrected chi connectivity index (χ2v) is 4.54. The van der Waals surface area contributed by atoms with Crippen LogP contribution in [-0.2, 0) is 0 Å². The summed E-state index contributed by atoms with van der Waals surface area (Å²) in [6.07, 6.45) is 16.0. The van der Waals surface area contributed by atoms with Gasteiger partial charge in [0.05, 0.1) is 0 Å². The van der Waals surface area contributed by atoms with Gasteiger partial charge in [-0.1, -0.05) is 78.1 Å². The Morgan fingerprint density at radius 3 is 1.06 bits per heavy atom. The summed E-state index contributed by atoms with van der Waals surface area (Å²) in [5.74, 6) is 0. The molecule has 0 rings (SSSR count). The smallest absolute Gasteiger partial charge is 0.0534 e. The third kappa shape index (κ3) is 31.5.